The van der Waals surface area contributed by atoms with E-state index in [1.807, 2.05) is 13.8 Å². The summed E-state index contributed by atoms with van der Waals surface area (Å²) in [6.07, 6.45) is 0. The third kappa shape index (κ3) is 3.67. The Morgan fingerprint density at radius 2 is 2.00 bits per heavy atom. The number of benzene rings is 1. The third-order valence-electron chi connectivity index (χ3n) is 3.20. The minimum absolute atomic E-state index is 0.103. The van der Waals surface area contributed by atoms with Crippen LogP contribution in [0.3, 0.4) is 0 Å². The average molecular weight is 329 g/mol. The van der Waals surface area contributed by atoms with Crippen LogP contribution in [-0.4, -0.2) is 22.5 Å². The third-order valence-corrected chi connectivity index (χ3v) is 3.20. The Morgan fingerprint density at radius 1 is 1.33 bits per heavy atom. The maximum atomic E-state index is 13.2. The standard InChI is InChI=1S/C16H16FN5O2/c1-4-24-15(23)12-13(9(2)3)19-16(21-22-18)20-14(12)10-5-7-11(17)8-6-10/h5-9H,4H2,1-3H3. The molecule has 0 aliphatic rings. The number of azide groups is 1. The quantitative estimate of drug-likeness (QED) is 0.348. The lowest BCUT2D eigenvalue weighted by molar-refractivity contribution is 0.0524. The molecule has 1 heterocycles. The molecule has 0 saturated heterocycles. The van der Waals surface area contributed by atoms with E-state index in [1.165, 1.54) is 24.3 Å². The molecule has 0 N–H and O–H groups in total. The van der Waals surface area contributed by atoms with Crippen LogP contribution < -0.4 is 0 Å². The highest BCUT2D eigenvalue weighted by Crippen LogP contribution is 2.30. The lowest BCUT2D eigenvalue weighted by Gasteiger charge is -2.15. The highest BCUT2D eigenvalue weighted by Gasteiger charge is 2.24. The molecule has 2 rings (SSSR count). The molecule has 1 aromatic heterocycles. The SMILES string of the molecule is CCOC(=O)c1c(-c2ccc(F)cc2)nc(N=[N+]=[N-])nc1C(C)C. The minimum atomic E-state index is -0.576. The van der Waals surface area contributed by atoms with E-state index in [0.29, 0.717) is 11.3 Å². The summed E-state index contributed by atoms with van der Waals surface area (Å²) in [5.74, 6) is -1.23. The molecule has 0 unspecified atom stereocenters. The first-order valence-electron chi connectivity index (χ1n) is 7.38. The second-order valence-electron chi connectivity index (χ2n) is 5.20. The number of hydrogen-bond acceptors (Lipinski definition) is 5. The highest BCUT2D eigenvalue weighted by atomic mass is 19.1. The molecule has 0 bridgehead atoms. The van der Waals surface area contributed by atoms with Crippen molar-refractivity contribution < 1.29 is 13.9 Å². The average Bonchev–Trinajstić information content (AvgIpc) is 2.55. The molecule has 8 heteroatoms. The fraction of sp³-hybridized carbons (Fsp3) is 0.312. The zero-order valence-corrected chi connectivity index (χ0v) is 13.5. The summed E-state index contributed by atoms with van der Waals surface area (Å²) in [7, 11) is 0. The Labute approximate surface area is 138 Å². The molecule has 124 valence electrons. The van der Waals surface area contributed by atoms with E-state index in [9.17, 15) is 9.18 Å². The number of hydrogen-bond donors (Lipinski definition) is 0. The summed E-state index contributed by atoms with van der Waals surface area (Å²) in [6, 6.07) is 5.50. The first-order valence-corrected chi connectivity index (χ1v) is 7.38. The second kappa shape index (κ2) is 7.52. The van der Waals surface area contributed by atoms with Gasteiger partial charge < -0.3 is 4.74 Å². The van der Waals surface area contributed by atoms with Crippen LogP contribution in [0, 0.1) is 5.82 Å². The van der Waals surface area contributed by atoms with Gasteiger partial charge >= 0.3 is 5.97 Å². The van der Waals surface area contributed by atoms with Crippen LogP contribution in [0.1, 0.15) is 42.7 Å². The highest BCUT2D eigenvalue weighted by molar-refractivity contribution is 5.97. The molecular weight excluding hydrogens is 313 g/mol. The lowest BCUT2D eigenvalue weighted by Crippen LogP contribution is -2.14. The number of ether oxygens (including phenoxy) is 1. The summed E-state index contributed by atoms with van der Waals surface area (Å²) in [6.45, 7) is 5.58. The molecule has 1 aromatic carbocycles. The fourth-order valence-electron chi connectivity index (χ4n) is 2.19. The van der Waals surface area contributed by atoms with Crippen molar-refractivity contribution in [2.75, 3.05) is 6.61 Å². The molecule has 2 aromatic rings. The van der Waals surface area contributed by atoms with Gasteiger partial charge in [-0.25, -0.2) is 19.2 Å². The molecule has 7 nitrogen and oxygen atoms in total. The van der Waals surface area contributed by atoms with Gasteiger partial charge in [0.15, 0.2) is 0 Å². The number of nitrogens with zero attached hydrogens (tertiary/aromatic N) is 5. The normalized spacial score (nSPS) is 10.4. The Bertz CT molecular complexity index is 799. The van der Waals surface area contributed by atoms with Crippen LogP contribution >= 0.6 is 0 Å². The lowest BCUT2D eigenvalue weighted by atomic mass is 9.98. The number of halogens is 1. The van der Waals surface area contributed by atoms with E-state index in [-0.39, 0.29) is 29.7 Å². The first-order chi connectivity index (χ1) is 11.5. The fourth-order valence-corrected chi connectivity index (χ4v) is 2.19. The Kier molecular flexibility index (Phi) is 5.44. The monoisotopic (exact) mass is 329 g/mol. The van der Waals surface area contributed by atoms with Crippen molar-refractivity contribution in [3.63, 3.8) is 0 Å². The molecule has 0 atom stereocenters. The largest absolute Gasteiger partial charge is 0.462 e. The summed E-state index contributed by atoms with van der Waals surface area (Å²) in [5, 5.41) is 3.43. The number of carbonyl (C=O) groups is 1. The summed E-state index contributed by atoms with van der Waals surface area (Å²) in [4.78, 5) is 23.4. The minimum Gasteiger partial charge on any atom is -0.462 e. The molecule has 0 spiro atoms. The molecule has 0 saturated carbocycles. The van der Waals surface area contributed by atoms with E-state index in [2.05, 4.69) is 20.0 Å². The van der Waals surface area contributed by atoms with E-state index in [0.717, 1.165) is 0 Å². The van der Waals surface area contributed by atoms with Gasteiger partial charge in [0.25, 0.3) is 0 Å². The van der Waals surface area contributed by atoms with E-state index >= 15 is 0 Å². The number of esters is 1. The smallest absolute Gasteiger partial charge is 0.342 e. The first kappa shape index (κ1) is 17.4. The van der Waals surface area contributed by atoms with Gasteiger partial charge in [-0.05, 0) is 47.8 Å². The van der Waals surface area contributed by atoms with Gasteiger partial charge in [0.1, 0.15) is 11.4 Å². The maximum absolute atomic E-state index is 13.2. The molecular formula is C16H16FN5O2. The summed E-state index contributed by atoms with van der Waals surface area (Å²) in [5.41, 5.74) is 9.99. The van der Waals surface area contributed by atoms with E-state index < -0.39 is 11.8 Å². The van der Waals surface area contributed by atoms with Crippen molar-refractivity contribution in [3.8, 4) is 11.3 Å². The van der Waals surface area contributed by atoms with Crippen LogP contribution in [-0.2, 0) is 4.74 Å². The second-order valence-corrected chi connectivity index (χ2v) is 5.20. The molecule has 0 aliphatic carbocycles. The Hall–Kier alpha value is -2.99. The molecule has 0 aliphatic heterocycles. The predicted molar refractivity (Wildman–Crippen MR) is 86.3 cm³/mol. The van der Waals surface area contributed by atoms with Gasteiger partial charge in [-0.15, -0.1) is 0 Å². The summed E-state index contributed by atoms with van der Waals surface area (Å²) >= 11 is 0. The van der Waals surface area contributed by atoms with Gasteiger partial charge in [-0.3, -0.25) is 0 Å². The Morgan fingerprint density at radius 3 is 2.54 bits per heavy atom. The van der Waals surface area contributed by atoms with Gasteiger partial charge in [0.2, 0.25) is 5.95 Å². The number of aromatic nitrogens is 2. The molecule has 0 radical (unpaired) electrons. The Balaban J connectivity index is 2.78. The number of rotatable bonds is 5. The molecule has 0 amide bonds. The van der Waals surface area contributed by atoms with Gasteiger partial charge in [-0.1, -0.05) is 13.8 Å². The number of carbonyl (C=O) groups excluding carboxylic acids is 1. The van der Waals surface area contributed by atoms with E-state index in [4.69, 9.17) is 10.3 Å². The van der Waals surface area contributed by atoms with Crippen LogP contribution in [0.25, 0.3) is 21.7 Å². The van der Waals surface area contributed by atoms with Crippen molar-refractivity contribution in [2.24, 2.45) is 5.11 Å². The topological polar surface area (TPSA) is 101 Å². The van der Waals surface area contributed by atoms with Gasteiger partial charge in [-0.2, -0.15) is 0 Å². The van der Waals surface area contributed by atoms with Crippen molar-refractivity contribution in [3.05, 3.63) is 51.8 Å². The molecule has 24 heavy (non-hydrogen) atoms. The van der Waals surface area contributed by atoms with Gasteiger partial charge in [0, 0.05) is 10.5 Å². The maximum Gasteiger partial charge on any atom is 0.342 e. The van der Waals surface area contributed by atoms with Crippen LogP contribution in [0.15, 0.2) is 29.4 Å². The zero-order valence-electron chi connectivity index (χ0n) is 13.5. The van der Waals surface area contributed by atoms with Crippen LogP contribution in [0.2, 0.25) is 0 Å². The zero-order chi connectivity index (χ0) is 17.7. The van der Waals surface area contributed by atoms with Crippen molar-refractivity contribution in [1.29, 1.82) is 0 Å². The van der Waals surface area contributed by atoms with Crippen LogP contribution in [0.4, 0.5) is 10.3 Å². The van der Waals surface area contributed by atoms with Crippen LogP contribution in [0.5, 0.6) is 0 Å². The van der Waals surface area contributed by atoms with E-state index in [1.54, 1.807) is 6.92 Å². The summed E-state index contributed by atoms with van der Waals surface area (Å²) < 4.78 is 18.3. The van der Waals surface area contributed by atoms with Crippen molar-refractivity contribution in [1.82, 2.24) is 9.97 Å². The van der Waals surface area contributed by atoms with Crippen molar-refractivity contribution >= 4 is 11.9 Å². The van der Waals surface area contributed by atoms with Gasteiger partial charge in [0.05, 0.1) is 18.0 Å². The predicted octanol–water partition coefficient (Wildman–Crippen LogP) is 4.52. The molecule has 0 fully saturated rings. The van der Waals surface area contributed by atoms with Crippen molar-refractivity contribution in [2.45, 2.75) is 26.7 Å².